The van der Waals surface area contributed by atoms with Gasteiger partial charge < -0.3 is 24.5 Å². The number of rotatable bonds is 6. The number of hydrogen-bond acceptors (Lipinski definition) is 7. The third-order valence-electron chi connectivity index (χ3n) is 2.86. The number of nitrogens with one attached hydrogen (secondary N) is 2. The third-order valence-corrected chi connectivity index (χ3v) is 2.86. The minimum atomic E-state index is -0.280. The first kappa shape index (κ1) is 12.3. The van der Waals surface area contributed by atoms with E-state index in [-0.39, 0.29) is 5.60 Å². The summed E-state index contributed by atoms with van der Waals surface area (Å²) in [5.41, 5.74) is -0.280. The van der Waals surface area contributed by atoms with E-state index in [0.717, 1.165) is 13.0 Å². The fraction of sp³-hybridized carbons (Fsp3) is 0.800. The lowest BCUT2D eigenvalue weighted by molar-refractivity contribution is -0.00654. The van der Waals surface area contributed by atoms with Crippen LogP contribution in [0.2, 0.25) is 0 Å². The van der Waals surface area contributed by atoms with E-state index >= 15 is 0 Å². The van der Waals surface area contributed by atoms with Crippen molar-refractivity contribution >= 4 is 6.01 Å². The topological polar surface area (TPSA) is 81.4 Å². The van der Waals surface area contributed by atoms with Crippen molar-refractivity contribution in [2.75, 3.05) is 39.2 Å². The fourth-order valence-corrected chi connectivity index (χ4v) is 1.75. The van der Waals surface area contributed by atoms with Crippen LogP contribution in [0.15, 0.2) is 4.42 Å². The van der Waals surface area contributed by atoms with Gasteiger partial charge in [0.15, 0.2) is 0 Å². The van der Waals surface area contributed by atoms with Gasteiger partial charge in [0, 0.05) is 20.1 Å². The monoisotopic (exact) mass is 242 g/mol. The quantitative estimate of drug-likeness (QED) is 0.727. The molecule has 1 atom stereocenters. The summed E-state index contributed by atoms with van der Waals surface area (Å²) in [4.78, 5) is 0. The Morgan fingerprint density at radius 2 is 2.35 bits per heavy atom. The normalized spacial score (nSPS) is 24.1. The molecule has 0 aliphatic carbocycles. The maximum Gasteiger partial charge on any atom is 0.315 e. The summed E-state index contributed by atoms with van der Waals surface area (Å²) in [6, 6.07) is 0.415. The maximum absolute atomic E-state index is 5.49. The van der Waals surface area contributed by atoms with Gasteiger partial charge in [0.2, 0.25) is 5.89 Å². The second kappa shape index (κ2) is 5.44. The van der Waals surface area contributed by atoms with Crippen LogP contribution in [0.25, 0.3) is 0 Å². The second-order valence-electron chi connectivity index (χ2n) is 4.07. The van der Waals surface area contributed by atoms with Crippen LogP contribution in [0, 0.1) is 0 Å². The van der Waals surface area contributed by atoms with E-state index in [1.54, 1.807) is 7.11 Å². The fourth-order valence-electron chi connectivity index (χ4n) is 1.75. The number of hydrogen-bond donors (Lipinski definition) is 2. The molecule has 7 nitrogen and oxygen atoms in total. The van der Waals surface area contributed by atoms with Crippen molar-refractivity contribution in [2.24, 2.45) is 0 Å². The van der Waals surface area contributed by atoms with Crippen LogP contribution in [0.3, 0.4) is 0 Å². The predicted molar refractivity (Wildman–Crippen MR) is 60.7 cm³/mol. The molecule has 17 heavy (non-hydrogen) atoms. The maximum atomic E-state index is 5.49. The van der Waals surface area contributed by atoms with Gasteiger partial charge in [-0.05, 0) is 7.05 Å². The number of nitrogens with zero attached hydrogens (tertiary/aromatic N) is 2. The van der Waals surface area contributed by atoms with Crippen molar-refractivity contribution in [2.45, 2.75) is 18.6 Å². The van der Waals surface area contributed by atoms with Crippen LogP contribution in [-0.4, -0.2) is 49.7 Å². The average Bonchev–Trinajstić information content (AvgIpc) is 2.96. The molecule has 2 heterocycles. The Morgan fingerprint density at radius 1 is 1.47 bits per heavy atom. The summed E-state index contributed by atoms with van der Waals surface area (Å²) < 4.78 is 16.2. The Kier molecular flexibility index (Phi) is 3.93. The molecule has 0 radical (unpaired) electrons. The van der Waals surface area contributed by atoms with E-state index in [2.05, 4.69) is 20.8 Å². The molecule has 1 aliphatic heterocycles. The number of methoxy groups -OCH3 is 1. The van der Waals surface area contributed by atoms with Crippen molar-refractivity contribution in [3.05, 3.63) is 5.89 Å². The molecule has 0 spiro atoms. The van der Waals surface area contributed by atoms with Crippen molar-refractivity contribution in [3.8, 4) is 0 Å². The molecule has 1 saturated heterocycles. The Hall–Kier alpha value is -1.18. The lowest BCUT2D eigenvalue weighted by Crippen LogP contribution is -2.39. The summed E-state index contributed by atoms with van der Waals surface area (Å²) in [6.45, 7) is 2.48. The van der Waals surface area contributed by atoms with Crippen LogP contribution in [0.5, 0.6) is 0 Å². The van der Waals surface area contributed by atoms with Crippen molar-refractivity contribution in [3.63, 3.8) is 0 Å². The summed E-state index contributed by atoms with van der Waals surface area (Å²) in [6.07, 6.45) is 0.869. The third kappa shape index (κ3) is 2.93. The van der Waals surface area contributed by atoms with Gasteiger partial charge in [-0.1, -0.05) is 5.10 Å². The Bertz CT molecular complexity index is 349. The number of ether oxygens (including phenoxy) is 2. The smallest absolute Gasteiger partial charge is 0.315 e. The van der Waals surface area contributed by atoms with Crippen LogP contribution in [-0.2, 0) is 16.0 Å². The molecule has 0 aromatic carbocycles. The Morgan fingerprint density at radius 3 is 3.00 bits per heavy atom. The van der Waals surface area contributed by atoms with Gasteiger partial charge in [-0.15, -0.1) is 5.10 Å². The van der Waals surface area contributed by atoms with Gasteiger partial charge in [-0.2, -0.15) is 0 Å². The Balaban J connectivity index is 1.87. The SMILES string of the molecule is CNCc1nnc(NCC2(OC)CCOC2)o1. The first-order valence-electron chi connectivity index (χ1n) is 5.62. The molecule has 0 saturated carbocycles. The summed E-state index contributed by atoms with van der Waals surface area (Å²) in [5, 5.41) is 13.8. The van der Waals surface area contributed by atoms with Crippen LogP contribution >= 0.6 is 0 Å². The zero-order valence-electron chi connectivity index (χ0n) is 10.2. The van der Waals surface area contributed by atoms with Crippen LogP contribution in [0.1, 0.15) is 12.3 Å². The van der Waals surface area contributed by atoms with Gasteiger partial charge in [-0.3, -0.25) is 0 Å². The number of anilines is 1. The highest BCUT2D eigenvalue weighted by molar-refractivity contribution is 5.18. The highest BCUT2D eigenvalue weighted by Crippen LogP contribution is 2.22. The van der Waals surface area contributed by atoms with E-state index in [1.165, 1.54) is 0 Å². The van der Waals surface area contributed by atoms with E-state index < -0.39 is 0 Å². The lowest BCUT2D eigenvalue weighted by atomic mass is 10.0. The van der Waals surface area contributed by atoms with Crippen LogP contribution < -0.4 is 10.6 Å². The first-order chi connectivity index (χ1) is 8.28. The molecule has 1 unspecified atom stereocenters. The van der Waals surface area contributed by atoms with Crippen molar-refractivity contribution < 1.29 is 13.9 Å². The molecule has 1 aliphatic rings. The summed E-state index contributed by atoms with van der Waals surface area (Å²) in [5.74, 6) is 0.559. The minimum Gasteiger partial charge on any atom is -0.407 e. The standard InChI is InChI=1S/C10H18N4O3/c1-11-5-8-13-14-9(17-8)12-6-10(15-2)3-4-16-7-10/h11H,3-7H2,1-2H3,(H,12,14). The Labute approximate surface area is 99.9 Å². The summed E-state index contributed by atoms with van der Waals surface area (Å²) >= 11 is 0. The lowest BCUT2D eigenvalue weighted by Gasteiger charge is -2.25. The molecule has 2 rings (SSSR count). The molecule has 1 fully saturated rings. The van der Waals surface area contributed by atoms with Gasteiger partial charge in [0.1, 0.15) is 5.60 Å². The molecule has 96 valence electrons. The molecule has 1 aromatic heterocycles. The van der Waals surface area contributed by atoms with Gasteiger partial charge in [-0.25, -0.2) is 0 Å². The predicted octanol–water partition coefficient (Wildman–Crippen LogP) is 0.00640. The molecular formula is C10H18N4O3. The van der Waals surface area contributed by atoms with Crippen LogP contribution in [0.4, 0.5) is 6.01 Å². The highest BCUT2D eigenvalue weighted by atomic mass is 16.5. The van der Waals surface area contributed by atoms with Crippen molar-refractivity contribution in [1.82, 2.24) is 15.5 Å². The van der Waals surface area contributed by atoms with Crippen molar-refractivity contribution in [1.29, 1.82) is 0 Å². The molecular weight excluding hydrogens is 224 g/mol. The average molecular weight is 242 g/mol. The molecule has 1 aromatic rings. The van der Waals surface area contributed by atoms with E-state index in [1.807, 2.05) is 7.05 Å². The largest absolute Gasteiger partial charge is 0.407 e. The van der Waals surface area contributed by atoms with Gasteiger partial charge in [0.25, 0.3) is 0 Å². The van der Waals surface area contributed by atoms with Gasteiger partial charge >= 0.3 is 6.01 Å². The van der Waals surface area contributed by atoms with E-state index in [4.69, 9.17) is 13.9 Å². The molecule has 7 heteroatoms. The van der Waals surface area contributed by atoms with Gasteiger partial charge in [0.05, 0.1) is 19.7 Å². The summed E-state index contributed by atoms with van der Waals surface area (Å²) in [7, 11) is 3.52. The highest BCUT2D eigenvalue weighted by Gasteiger charge is 2.35. The second-order valence-corrected chi connectivity index (χ2v) is 4.07. The zero-order valence-corrected chi connectivity index (χ0v) is 10.2. The molecule has 0 amide bonds. The molecule has 2 N–H and O–H groups in total. The zero-order chi connectivity index (χ0) is 12.1. The minimum absolute atomic E-state index is 0.280. The van der Waals surface area contributed by atoms with E-state index in [9.17, 15) is 0 Å². The molecule has 0 bridgehead atoms. The van der Waals surface area contributed by atoms with E-state index in [0.29, 0.717) is 31.6 Å². The first-order valence-corrected chi connectivity index (χ1v) is 5.62. The number of aromatic nitrogens is 2.